The summed E-state index contributed by atoms with van der Waals surface area (Å²) in [5.41, 5.74) is -0.138. The summed E-state index contributed by atoms with van der Waals surface area (Å²) < 4.78 is 10.8. The van der Waals surface area contributed by atoms with Crippen molar-refractivity contribution in [2.24, 2.45) is 5.92 Å². The van der Waals surface area contributed by atoms with E-state index in [9.17, 15) is 4.79 Å². The Morgan fingerprint density at radius 1 is 1.43 bits per heavy atom. The van der Waals surface area contributed by atoms with Crippen LogP contribution in [0.5, 0.6) is 0 Å². The molecule has 0 saturated carbocycles. The fraction of sp³-hybridized carbons (Fsp3) is 0.800. The van der Waals surface area contributed by atoms with Crippen molar-refractivity contribution >= 4 is 5.97 Å². The molecule has 0 unspecified atom stereocenters. The summed E-state index contributed by atoms with van der Waals surface area (Å²) in [7, 11) is 0. The van der Waals surface area contributed by atoms with E-state index in [4.69, 9.17) is 9.15 Å². The highest BCUT2D eigenvalue weighted by molar-refractivity contribution is 5.72. The molecular weight excluding hydrogens is 270 g/mol. The summed E-state index contributed by atoms with van der Waals surface area (Å²) in [6, 6.07) is 0. The molecule has 6 nitrogen and oxygen atoms in total. The van der Waals surface area contributed by atoms with Gasteiger partial charge in [-0.3, -0.25) is 9.69 Å². The van der Waals surface area contributed by atoms with Gasteiger partial charge in [0.25, 0.3) is 0 Å². The Morgan fingerprint density at radius 3 is 2.81 bits per heavy atom. The number of rotatable bonds is 4. The van der Waals surface area contributed by atoms with Crippen molar-refractivity contribution in [1.29, 1.82) is 0 Å². The molecule has 0 N–H and O–H groups in total. The highest BCUT2D eigenvalue weighted by Gasteiger charge is 2.28. The molecule has 2 heterocycles. The van der Waals surface area contributed by atoms with Crippen LogP contribution < -0.4 is 0 Å². The molecule has 0 aliphatic carbocycles. The third-order valence-corrected chi connectivity index (χ3v) is 3.59. The molecule has 6 heteroatoms. The van der Waals surface area contributed by atoms with E-state index in [1.54, 1.807) is 0 Å². The molecular formula is C15H25N3O3. The van der Waals surface area contributed by atoms with Crippen LogP contribution in [0.15, 0.2) is 4.42 Å². The predicted molar refractivity (Wildman–Crippen MR) is 77.6 cm³/mol. The van der Waals surface area contributed by atoms with E-state index < -0.39 is 0 Å². The van der Waals surface area contributed by atoms with Gasteiger partial charge in [0.15, 0.2) is 0 Å². The molecule has 1 saturated heterocycles. The number of nitrogens with zero attached hydrogens (tertiary/aromatic N) is 3. The van der Waals surface area contributed by atoms with Crippen molar-refractivity contribution in [2.75, 3.05) is 19.7 Å². The Labute approximate surface area is 125 Å². The molecule has 0 radical (unpaired) electrons. The number of hydrogen-bond donors (Lipinski definition) is 0. The van der Waals surface area contributed by atoms with Crippen LogP contribution in [0.25, 0.3) is 0 Å². The normalized spacial score (nSPS) is 20.5. The molecule has 1 aliphatic rings. The zero-order valence-electron chi connectivity index (χ0n) is 13.4. The number of ether oxygens (including phenoxy) is 1. The molecule has 2 rings (SSSR count). The largest absolute Gasteiger partial charge is 0.466 e. The van der Waals surface area contributed by atoms with E-state index in [2.05, 4.69) is 15.1 Å². The monoisotopic (exact) mass is 295 g/mol. The summed E-state index contributed by atoms with van der Waals surface area (Å²) in [6.07, 6.45) is 1.89. The molecule has 118 valence electrons. The molecule has 1 aromatic rings. The highest BCUT2D eigenvalue weighted by atomic mass is 16.5. The van der Waals surface area contributed by atoms with E-state index in [0.717, 1.165) is 19.4 Å². The van der Waals surface area contributed by atoms with E-state index in [1.165, 1.54) is 0 Å². The number of aromatic nitrogens is 2. The number of esters is 1. The standard InChI is InChI=1S/C15H25N3O3/c1-5-20-13(19)11-7-6-8-18(9-11)10-12-16-17-14(21-12)15(2,3)4/h11H,5-10H2,1-4H3/t11-/m1/s1. The molecule has 21 heavy (non-hydrogen) atoms. The van der Waals surface area contributed by atoms with Crippen LogP contribution in [0.3, 0.4) is 0 Å². The SMILES string of the molecule is CCOC(=O)[C@@H]1CCCN(Cc2nnc(C(C)(C)C)o2)C1. The van der Waals surface area contributed by atoms with Crippen molar-refractivity contribution in [3.8, 4) is 0 Å². The molecule has 0 aromatic carbocycles. The van der Waals surface area contributed by atoms with Gasteiger partial charge in [0.05, 0.1) is 19.1 Å². The van der Waals surface area contributed by atoms with Crippen LogP contribution in [0.1, 0.15) is 52.3 Å². The summed E-state index contributed by atoms with van der Waals surface area (Å²) in [5, 5.41) is 8.21. The maximum Gasteiger partial charge on any atom is 0.310 e. The Balaban J connectivity index is 1.93. The van der Waals surface area contributed by atoms with Gasteiger partial charge in [-0.25, -0.2) is 0 Å². The Morgan fingerprint density at radius 2 is 2.19 bits per heavy atom. The average molecular weight is 295 g/mol. The lowest BCUT2D eigenvalue weighted by molar-refractivity contribution is -0.150. The minimum absolute atomic E-state index is 0.0382. The summed E-state index contributed by atoms with van der Waals surface area (Å²) in [5.74, 6) is 1.13. The topological polar surface area (TPSA) is 68.5 Å². The number of carbonyl (C=O) groups is 1. The van der Waals surface area contributed by atoms with E-state index >= 15 is 0 Å². The number of likely N-dealkylation sites (tertiary alicyclic amines) is 1. The lowest BCUT2D eigenvalue weighted by atomic mass is 9.97. The fourth-order valence-corrected chi connectivity index (χ4v) is 2.46. The second kappa shape index (κ2) is 6.56. The summed E-state index contributed by atoms with van der Waals surface area (Å²) in [4.78, 5) is 14.0. The number of carbonyl (C=O) groups excluding carboxylic acids is 1. The van der Waals surface area contributed by atoms with Gasteiger partial charge in [0.1, 0.15) is 0 Å². The van der Waals surface area contributed by atoms with Crippen molar-refractivity contribution < 1.29 is 13.9 Å². The lowest BCUT2D eigenvalue weighted by Gasteiger charge is -2.30. The smallest absolute Gasteiger partial charge is 0.310 e. The van der Waals surface area contributed by atoms with Crippen molar-refractivity contribution in [1.82, 2.24) is 15.1 Å². The maximum absolute atomic E-state index is 11.8. The molecule has 1 atom stereocenters. The summed E-state index contributed by atoms with van der Waals surface area (Å²) >= 11 is 0. The second-order valence-electron chi connectivity index (χ2n) is 6.58. The average Bonchev–Trinajstić information content (AvgIpc) is 2.88. The van der Waals surface area contributed by atoms with Gasteiger partial charge in [0.2, 0.25) is 11.8 Å². The minimum atomic E-state index is -0.138. The first-order valence-electron chi connectivity index (χ1n) is 7.62. The first-order chi connectivity index (χ1) is 9.90. The van der Waals surface area contributed by atoms with Crippen LogP contribution in [-0.4, -0.2) is 40.8 Å². The molecule has 0 amide bonds. The molecule has 1 aromatic heterocycles. The summed E-state index contributed by atoms with van der Waals surface area (Å²) in [6.45, 7) is 10.7. The Bertz CT molecular complexity index is 479. The van der Waals surface area contributed by atoms with E-state index in [1.807, 2.05) is 27.7 Å². The van der Waals surface area contributed by atoms with Gasteiger partial charge in [-0.15, -0.1) is 10.2 Å². The van der Waals surface area contributed by atoms with Gasteiger partial charge >= 0.3 is 5.97 Å². The van der Waals surface area contributed by atoms with Gasteiger partial charge < -0.3 is 9.15 Å². The first-order valence-corrected chi connectivity index (χ1v) is 7.62. The van der Waals surface area contributed by atoms with Crippen LogP contribution in [0.2, 0.25) is 0 Å². The van der Waals surface area contributed by atoms with Gasteiger partial charge in [-0.2, -0.15) is 0 Å². The van der Waals surface area contributed by atoms with Crippen molar-refractivity contribution in [3.05, 3.63) is 11.8 Å². The Kier molecular flexibility index (Phi) is 4.98. The second-order valence-corrected chi connectivity index (χ2v) is 6.58. The van der Waals surface area contributed by atoms with Crippen molar-refractivity contribution in [2.45, 2.75) is 52.5 Å². The highest BCUT2D eigenvalue weighted by Crippen LogP contribution is 2.23. The molecule has 1 fully saturated rings. The van der Waals surface area contributed by atoms with E-state index in [-0.39, 0.29) is 17.3 Å². The Hall–Kier alpha value is -1.43. The molecule has 0 bridgehead atoms. The third kappa shape index (κ3) is 4.27. The minimum Gasteiger partial charge on any atom is -0.466 e. The van der Waals surface area contributed by atoms with Crippen LogP contribution in [-0.2, 0) is 21.5 Å². The maximum atomic E-state index is 11.8. The van der Waals surface area contributed by atoms with Crippen molar-refractivity contribution in [3.63, 3.8) is 0 Å². The zero-order valence-corrected chi connectivity index (χ0v) is 13.4. The van der Waals surface area contributed by atoms with Crippen LogP contribution >= 0.6 is 0 Å². The first kappa shape index (κ1) is 15.9. The van der Waals surface area contributed by atoms with Gasteiger partial charge in [0, 0.05) is 12.0 Å². The predicted octanol–water partition coefficient (Wildman–Crippen LogP) is 2.14. The van der Waals surface area contributed by atoms with Crippen LogP contribution in [0.4, 0.5) is 0 Å². The number of piperidine rings is 1. The lowest BCUT2D eigenvalue weighted by Crippen LogP contribution is -2.39. The quantitative estimate of drug-likeness (QED) is 0.793. The zero-order chi connectivity index (χ0) is 15.5. The fourth-order valence-electron chi connectivity index (χ4n) is 2.46. The molecule has 0 spiro atoms. The van der Waals surface area contributed by atoms with Gasteiger partial charge in [-0.05, 0) is 26.3 Å². The van der Waals surface area contributed by atoms with Crippen LogP contribution in [0, 0.1) is 5.92 Å². The third-order valence-electron chi connectivity index (χ3n) is 3.59. The molecule has 1 aliphatic heterocycles. The van der Waals surface area contributed by atoms with E-state index in [0.29, 0.717) is 31.5 Å². The number of hydrogen-bond acceptors (Lipinski definition) is 6. The van der Waals surface area contributed by atoms with Gasteiger partial charge in [-0.1, -0.05) is 20.8 Å².